The van der Waals surface area contributed by atoms with E-state index in [1.807, 2.05) is 13.8 Å². The van der Waals surface area contributed by atoms with Crippen LogP contribution in [0.4, 0.5) is 0 Å². The fourth-order valence-electron chi connectivity index (χ4n) is 2.07. The summed E-state index contributed by atoms with van der Waals surface area (Å²) in [5, 5.41) is 3.05. The van der Waals surface area contributed by atoms with Crippen molar-refractivity contribution in [2.24, 2.45) is 17.1 Å². The predicted molar refractivity (Wildman–Crippen MR) is 63.9 cm³/mol. The Bertz CT molecular complexity index is 264. The maximum absolute atomic E-state index is 11.8. The van der Waals surface area contributed by atoms with E-state index in [0.717, 1.165) is 6.42 Å². The Hall–Kier alpha value is -0.610. The van der Waals surface area contributed by atoms with Gasteiger partial charge in [0.25, 0.3) is 0 Å². The van der Waals surface area contributed by atoms with E-state index >= 15 is 0 Å². The van der Waals surface area contributed by atoms with Crippen LogP contribution in [0.5, 0.6) is 0 Å². The van der Waals surface area contributed by atoms with Crippen LogP contribution in [0.1, 0.15) is 34.1 Å². The minimum atomic E-state index is -0.141. The topological polar surface area (TPSA) is 64.3 Å². The van der Waals surface area contributed by atoms with Crippen molar-refractivity contribution in [1.82, 2.24) is 5.32 Å². The SMILES string of the molecule is COC1CC(NC(=O)C(C)C(C)N)C1(C)C. The van der Waals surface area contributed by atoms with Crippen molar-refractivity contribution >= 4 is 5.91 Å². The molecule has 0 radical (unpaired) electrons. The molecule has 94 valence electrons. The van der Waals surface area contributed by atoms with E-state index in [1.54, 1.807) is 7.11 Å². The normalized spacial score (nSPS) is 31.4. The third-order valence-electron chi connectivity index (χ3n) is 3.98. The summed E-state index contributed by atoms with van der Waals surface area (Å²) in [5.74, 6) is -0.0972. The molecule has 0 aromatic rings. The van der Waals surface area contributed by atoms with Crippen LogP contribution in [0, 0.1) is 11.3 Å². The standard InChI is InChI=1S/C12H24N2O2/c1-7(8(2)13)11(15)14-9-6-10(16-5)12(9,3)4/h7-10H,6,13H2,1-5H3,(H,14,15). The van der Waals surface area contributed by atoms with Gasteiger partial charge in [-0.3, -0.25) is 4.79 Å². The molecular formula is C12H24N2O2. The van der Waals surface area contributed by atoms with Gasteiger partial charge in [0, 0.05) is 30.5 Å². The second kappa shape index (κ2) is 4.72. The molecule has 0 aliphatic heterocycles. The lowest BCUT2D eigenvalue weighted by Gasteiger charge is -2.51. The number of methoxy groups -OCH3 is 1. The van der Waals surface area contributed by atoms with Crippen molar-refractivity contribution in [1.29, 1.82) is 0 Å². The number of hydrogen-bond donors (Lipinski definition) is 2. The predicted octanol–water partition coefficient (Wildman–Crippen LogP) is 0.899. The molecule has 4 unspecified atom stereocenters. The first-order valence-electron chi connectivity index (χ1n) is 5.89. The monoisotopic (exact) mass is 228 g/mol. The van der Waals surface area contributed by atoms with Gasteiger partial charge in [-0.2, -0.15) is 0 Å². The largest absolute Gasteiger partial charge is 0.381 e. The van der Waals surface area contributed by atoms with Gasteiger partial charge in [0.05, 0.1) is 6.10 Å². The Labute approximate surface area is 97.9 Å². The molecule has 0 heterocycles. The van der Waals surface area contributed by atoms with E-state index < -0.39 is 0 Å². The summed E-state index contributed by atoms with van der Waals surface area (Å²) < 4.78 is 5.35. The summed E-state index contributed by atoms with van der Waals surface area (Å²) in [6.45, 7) is 7.95. The molecule has 4 nitrogen and oxygen atoms in total. The molecule has 0 saturated heterocycles. The fraction of sp³-hybridized carbons (Fsp3) is 0.917. The van der Waals surface area contributed by atoms with Gasteiger partial charge in [-0.1, -0.05) is 20.8 Å². The number of ether oxygens (including phenoxy) is 1. The van der Waals surface area contributed by atoms with E-state index in [2.05, 4.69) is 19.2 Å². The third kappa shape index (κ3) is 2.38. The number of carbonyl (C=O) groups excluding carboxylic acids is 1. The highest BCUT2D eigenvalue weighted by Gasteiger charge is 2.49. The second-order valence-electron chi connectivity index (χ2n) is 5.49. The first kappa shape index (κ1) is 13.5. The Balaban J connectivity index is 2.49. The van der Waals surface area contributed by atoms with E-state index in [9.17, 15) is 4.79 Å². The fourth-order valence-corrected chi connectivity index (χ4v) is 2.07. The van der Waals surface area contributed by atoms with Crippen molar-refractivity contribution in [2.45, 2.75) is 52.3 Å². The van der Waals surface area contributed by atoms with Crippen molar-refractivity contribution in [3.8, 4) is 0 Å². The van der Waals surface area contributed by atoms with Gasteiger partial charge in [-0.05, 0) is 13.3 Å². The van der Waals surface area contributed by atoms with Crippen molar-refractivity contribution < 1.29 is 9.53 Å². The van der Waals surface area contributed by atoms with E-state index in [1.165, 1.54) is 0 Å². The first-order chi connectivity index (χ1) is 7.30. The van der Waals surface area contributed by atoms with Crippen molar-refractivity contribution in [3.05, 3.63) is 0 Å². The molecule has 1 rings (SSSR count). The van der Waals surface area contributed by atoms with Gasteiger partial charge in [0.15, 0.2) is 0 Å². The summed E-state index contributed by atoms with van der Waals surface area (Å²) in [4.78, 5) is 11.8. The number of hydrogen-bond acceptors (Lipinski definition) is 3. The number of nitrogens with two attached hydrogens (primary N) is 1. The van der Waals surface area contributed by atoms with E-state index in [0.29, 0.717) is 0 Å². The van der Waals surface area contributed by atoms with Gasteiger partial charge in [0.1, 0.15) is 0 Å². The molecule has 1 aliphatic rings. The van der Waals surface area contributed by atoms with Gasteiger partial charge < -0.3 is 15.8 Å². The molecule has 4 heteroatoms. The number of rotatable bonds is 4. The molecule has 4 atom stereocenters. The molecule has 0 aromatic carbocycles. The second-order valence-corrected chi connectivity index (χ2v) is 5.49. The molecule has 0 bridgehead atoms. The van der Waals surface area contributed by atoms with Gasteiger partial charge in [0.2, 0.25) is 5.91 Å². The quantitative estimate of drug-likeness (QED) is 0.751. The average molecular weight is 228 g/mol. The van der Waals surface area contributed by atoms with Crippen LogP contribution >= 0.6 is 0 Å². The van der Waals surface area contributed by atoms with Crippen LogP contribution in [0.2, 0.25) is 0 Å². The van der Waals surface area contributed by atoms with Crippen molar-refractivity contribution in [3.63, 3.8) is 0 Å². The molecule has 0 aromatic heterocycles. The van der Waals surface area contributed by atoms with Gasteiger partial charge in [-0.25, -0.2) is 0 Å². The summed E-state index contributed by atoms with van der Waals surface area (Å²) in [7, 11) is 1.72. The number of amides is 1. The minimum absolute atomic E-state index is 0.0158. The van der Waals surface area contributed by atoms with Crippen LogP contribution < -0.4 is 11.1 Å². The zero-order chi connectivity index (χ0) is 12.5. The Morgan fingerprint density at radius 1 is 1.50 bits per heavy atom. The molecule has 1 amide bonds. The van der Waals surface area contributed by atoms with E-state index in [-0.39, 0.29) is 35.4 Å². The van der Waals surface area contributed by atoms with Crippen LogP contribution in [0.15, 0.2) is 0 Å². The minimum Gasteiger partial charge on any atom is -0.381 e. The van der Waals surface area contributed by atoms with Crippen LogP contribution in [-0.2, 0) is 9.53 Å². The summed E-state index contributed by atoms with van der Waals surface area (Å²) in [6.07, 6.45) is 1.13. The third-order valence-corrected chi connectivity index (χ3v) is 3.98. The lowest BCUT2D eigenvalue weighted by Crippen LogP contribution is -2.62. The van der Waals surface area contributed by atoms with Gasteiger partial charge >= 0.3 is 0 Å². The Morgan fingerprint density at radius 3 is 2.44 bits per heavy atom. The highest BCUT2D eigenvalue weighted by molar-refractivity contribution is 5.79. The smallest absolute Gasteiger partial charge is 0.224 e. The Morgan fingerprint density at radius 2 is 2.06 bits per heavy atom. The maximum Gasteiger partial charge on any atom is 0.224 e. The highest BCUT2D eigenvalue weighted by atomic mass is 16.5. The van der Waals surface area contributed by atoms with Crippen LogP contribution in [-0.4, -0.2) is 31.2 Å². The first-order valence-corrected chi connectivity index (χ1v) is 5.89. The zero-order valence-corrected chi connectivity index (χ0v) is 10.9. The molecule has 16 heavy (non-hydrogen) atoms. The maximum atomic E-state index is 11.8. The molecule has 0 spiro atoms. The zero-order valence-electron chi connectivity index (χ0n) is 10.9. The average Bonchev–Trinajstić information content (AvgIpc) is 2.21. The summed E-state index contributed by atoms with van der Waals surface area (Å²) in [6, 6.07) is 0.0903. The molecule has 1 saturated carbocycles. The summed E-state index contributed by atoms with van der Waals surface area (Å²) >= 11 is 0. The molecule has 1 aliphatic carbocycles. The molecule has 1 fully saturated rings. The lowest BCUT2D eigenvalue weighted by molar-refractivity contribution is -0.136. The molecular weight excluding hydrogens is 204 g/mol. The summed E-state index contributed by atoms with van der Waals surface area (Å²) in [5.41, 5.74) is 5.72. The van der Waals surface area contributed by atoms with Crippen molar-refractivity contribution in [2.75, 3.05) is 7.11 Å². The molecule has 3 N–H and O–H groups in total. The van der Waals surface area contributed by atoms with E-state index in [4.69, 9.17) is 10.5 Å². The van der Waals surface area contributed by atoms with Crippen LogP contribution in [0.25, 0.3) is 0 Å². The Kier molecular flexibility index (Phi) is 3.97. The number of carbonyl (C=O) groups is 1. The lowest BCUT2D eigenvalue weighted by atomic mass is 9.64. The number of nitrogens with one attached hydrogen (secondary N) is 1. The van der Waals surface area contributed by atoms with Gasteiger partial charge in [-0.15, -0.1) is 0 Å². The highest BCUT2D eigenvalue weighted by Crippen LogP contribution is 2.42. The van der Waals surface area contributed by atoms with Crippen LogP contribution in [0.3, 0.4) is 0 Å².